The first-order valence-corrected chi connectivity index (χ1v) is 9.91. The molecule has 0 spiro atoms. The Labute approximate surface area is 158 Å². The molecule has 1 aliphatic rings. The van der Waals surface area contributed by atoms with Crippen LogP contribution in [0, 0.1) is 19.8 Å². The molecule has 1 heterocycles. The molecule has 6 nitrogen and oxygen atoms in total. The molecule has 0 saturated heterocycles. The number of hydrogen-bond donors (Lipinski definition) is 2. The van der Waals surface area contributed by atoms with Gasteiger partial charge in [-0.2, -0.15) is 0 Å². The molecular weight excluding hydrogens is 352 g/mol. The fourth-order valence-electron chi connectivity index (χ4n) is 3.22. The van der Waals surface area contributed by atoms with Gasteiger partial charge in [-0.3, -0.25) is 9.59 Å². The molecule has 2 amide bonds. The lowest BCUT2D eigenvalue weighted by Crippen LogP contribution is -2.46. The fraction of sp³-hybridized carbons (Fsp3) is 0.632. The highest BCUT2D eigenvalue weighted by Crippen LogP contribution is 2.33. The van der Waals surface area contributed by atoms with E-state index in [-0.39, 0.29) is 17.9 Å². The number of esters is 1. The molecule has 0 aromatic carbocycles. The summed E-state index contributed by atoms with van der Waals surface area (Å²) in [6, 6.07) is 0.137. The maximum atomic E-state index is 12.6. The largest absolute Gasteiger partial charge is 0.449 e. The van der Waals surface area contributed by atoms with Crippen LogP contribution in [0.15, 0.2) is 0 Å². The van der Waals surface area contributed by atoms with E-state index in [4.69, 9.17) is 4.74 Å². The second kappa shape index (κ2) is 8.66. The topological polar surface area (TPSA) is 84.5 Å². The molecular formula is C19H28N2O4S. The molecule has 1 aliphatic carbocycles. The van der Waals surface area contributed by atoms with Gasteiger partial charge in [-0.25, -0.2) is 4.79 Å². The highest BCUT2D eigenvalue weighted by atomic mass is 32.1. The van der Waals surface area contributed by atoms with Crippen molar-refractivity contribution < 1.29 is 19.1 Å². The number of carbonyl (C=O) groups excluding carboxylic acids is 3. The average molecular weight is 381 g/mol. The van der Waals surface area contributed by atoms with Crippen LogP contribution in [0.25, 0.3) is 0 Å². The van der Waals surface area contributed by atoms with Gasteiger partial charge >= 0.3 is 5.97 Å². The van der Waals surface area contributed by atoms with Crippen LogP contribution in [0.4, 0.5) is 5.00 Å². The van der Waals surface area contributed by atoms with Gasteiger partial charge in [0.1, 0.15) is 5.00 Å². The van der Waals surface area contributed by atoms with Gasteiger partial charge in [-0.15, -0.1) is 11.3 Å². The number of rotatable bonds is 5. The number of anilines is 1. The van der Waals surface area contributed by atoms with Crippen molar-refractivity contribution in [2.24, 2.45) is 5.92 Å². The van der Waals surface area contributed by atoms with E-state index in [0.717, 1.165) is 29.7 Å². The van der Waals surface area contributed by atoms with Crippen LogP contribution in [0.2, 0.25) is 0 Å². The smallest absolute Gasteiger partial charge is 0.342 e. The van der Waals surface area contributed by atoms with Crippen molar-refractivity contribution in [1.82, 2.24) is 5.32 Å². The minimum Gasteiger partial charge on any atom is -0.449 e. The van der Waals surface area contributed by atoms with E-state index in [1.807, 2.05) is 13.8 Å². The summed E-state index contributed by atoms with van der Waals surface area (Å²) in [6.45, 7) is 8.79. The molecule has 1 saturated carbocycles. The van der Waals surface area contributed by atoms with E-state index in [2.05, 4.69) is 17.6 Å². The predicted octanol–water partition coefficient (Wildman–Crippen LogP) is 3.56. The van der Waals surface area contributed by atoms with E-state index in [1.54, 1.807) is 6.92 Å². The van der Waals surface area contributed by atoms with Crippen LogP contribution < -0.4 is 10.6 Å². The van der Waals surface area contributed by atoms with Gasteiger partial charge in [0.25, 0.3) is 5.91 Å². The van der Waals surface area contributed by atoms with Gasteiger partial charge < -0.3 is 15.4 Å². The molecule has 1 aromatic rings. The van der Waals surface area contributed by atoms with Crippen LogP contribution >= 0.6 is 11.3 Å². The van der Waals surface area contributed by atoms with Crippen LogP contribution in [-0.2, 0) is 14.3 Å². The van der Waals surface area contributed by atoms with E-state index >= 15 is 0 Å². The Morgan fingerprint density at radius 1 is 1.19 bits per heavy atom. The van der Waals surface area contributed by atoms with E-state index in [9.17, 15) is 14.4 Å². The SMILES string of the molecule is CC(=O)Nc1sc(C)c(C)c1C(=O)O[C@@H](C)C(=O)N[C@@H]1CCCC[C@@H]1C. The first-order chi connectivity index (χ1) is 12.2. The van der Waals surface area contributed by atoms with Crippen LogP contribution in [0.1, 0.15) is 67.3 Å². The minimum absolute atomic E-state index is 0.137. The molecule has 0 aliphatic heterocycles. The van der Waals surface area contributed by atoms with E-state index in [0.29, 0.717) is 16.5 Å². The second-order valence-corrected chi connectivity index (χ2v) is 8.32. The zero-order valence-electron chi connectivity index (χ0n) is 16.1. The Morgan fingerprint density at radius 3 is 2.46 bits per heavy atom. The van der Waals surface area contributed by atoms with Crippen molar-refractivity contribution in [3.8, 4) is 0 Å². The summed E-state index contributed by atoms with van der Waals surface area (Å²) in [4.78, 5) is 37.3. The van der Waals surface area contributed by atoms with Crippen molar-refractivity contribution in [1.29, 1.82) is 0 Å². The Hall–Kier alpha value is -1.89. The zero-order valence-corrected chi connectivity index (χ0v) is 16.9. The van der Waals surface area contributed by atoms with Gasteiger partial charge in [-0.05, 0) is 45.1 Å². The molecule has 7 heteroatoms. The number of amides is 2. The zero-order chi connectivity index (χ0) is 19.4. The first-order valence-electron chi connectivity index (χ1n) is 9.09. The number of aryl methyl sites for hydroxylation is 1. The summed E-state index contributed by atoms with van der Waals surface area (Å²) in [6.07, 6.45) is 3.48. The maximum Gasteiger partial charge on any atom is 0.342 e. The highest BCUT2D eigenvalue weighted by molar-refractivity contribution is 7.16. The van der Waals surface area contributed by atoms with Gasteiger partial charge in [-0.1, -0.05) is 19.8 Å². The lowest BCUT2D eigenvalue weighted by molar-refractivity contribution is -0.130. The van der Waals surface area contributed by atoms with Crippen molar-refractivity contribution in [2.45, 2.75) is 72.4 Å². The number of ether oxygens (including phenoxy) is 1. The normalized spacial score (nSPS) is 21.0. The minimum atomic E-state index is -0.888. The molecule has 1 aromatic heterocycles. The van der Waals surface area contributed by atoms with Crippen molar-refractivity contribution >= 4 is 34.1 Å². The van der Waals surface area contributed by atoms with Crippen molar-refractivity contribution in [3.05, 3.63) is 16.0 Å². The fourth-order valence-corrected chi connectivity index (χ4v) is 4.32. The third-order valence-corrected chi connectivity index (χ3v) is 6.09. The quantitative estimate of drug-likeness (QED) is 0.765. The lowest BCUT2D eigenvalue weighted by Gasteiger charge is -2.30. The first kappa shape index (κ1) is 20.4. The summed E-state index contributed by atoms with van der Waals surface area (Å²) >= 11 is 1.33. The second-order valence-electron chi connectivity index (χ2n) is 7.09. The number of carbonyl (C=O) groups is 3. The molecule has 2 rings (SSSR count). The van der Waals surface area contributed by atoms with Crippen molar-refractivity contribution in [2.75, 3.05) is 5.32 Å². The van der Waals surface area contributed by atoms with E-state index < -0.39 is 12.1 Å². The molecule has 0 unspecified atom stereocenters. The molecule has 0 bridgehead atoms. The Balaban J connectivity index is 2.04. The summed E-state index contributed by atoms with van der Waals surface area (Å²) in [7, 11) is 0. The average Bonchev–Trinajstić information content (AvgIpc) is 2.82. The van der Waals surface area contributed by atoms with Crippen LogP contribution in [0.5, 0.6) is 0 Å². The third kappa shape index (κ3) is 4.84. The Bertz CT molecular complexity index is 698. The monoisotopic (exact) mass is 380 g/mol. The van der Waals surface area contributed by atoms with Gasteiger partial charge in [0.2, 0.25) is 5.91 Å². The summed E-state index contributed by atoms with van der Waals surface area (Å²) < 4.78 is 5.40. The molecule has 2 N–H and O–H groups in total. The maximum absolute atomic E-state index is 12.6. The predicted molar refractivity (Wildman–Crippen MR) is 103 cm³/mol. The molecule has 1 fully saturated rings. The molecule has 0 radical (unpaired) electrons. The van der Waals surface area contributed by atoms with Gasteiger partial charge in [0.15, 0.2) is 6.10 Å². The number of hydrogen-bond acceptors (Lipinski definition) is 5. The lowest BCUT2D eigenvalue weighted by atomic mass is 9.86. The highest BCUT2D eigenvalue weighted by Gasteiger charge is 2.28. The third-order valence-electron chi connectivity index (χ3n) is 4.97. The summed E-state index contributed by atoms with van der Waals surface area (Å²) in [5.74, 6) is -0.682. The van der Waals surface area contributed by atoms with Crippen molar-refractivity contribution in [3.63, 3.8) is 0 Å². The summed E-state index contributed by atoms with van der Waals surface area (Å²) in [5, 5.41) is 6.14. The molecule has 144 valence electrons. The standard InChI is InChI=1S/C19H28N2O4S/c1-10-8-6-7-9-15(10)21-17(23)12(3)25-19(24)16-11(2)13(4)26-18(16)20-14(5)22/h10,12,15H,6-9H2,1-5H3,(H,20,22)(H,21,23)/t10-,12-,15+/m0/s1. The summed E-state index contributed by atoms with van der Waals surface area (Å²) in [5.41, 5.74) is 1.09. The van der Waals surface area contributed by atoms with Crippen LogP contribution in [-0.4, -0.2) is 29.9 Å². The molecule has 3 atom stereocenters. The number of nitrogens with one attached hydrogen (secondary N) is 2. The number of thiophene rings is 1. The van der Waals surface area contributed by atoms with Crippen LogP contribution in [0.3, 0.4) is 0 Å². The van der Waals surface area contributed by atoms with Gasteiger partial charge in [0, 0.05) is 17.8 Å². The van der Waals surface area contributed by atoms with E-state index in [1.165, 1.54) is 24.7 Å². The Morgan fingerprint density at radius 2 is 1.85 bits per heavy atom. The molecule has 26 heavy (non-hydrogen) atoms. The Kier molecular flexibility index (Phi) is 6.81. The van der Waals surface area contributed by atoms with Gasteiger partial charge in [0.05, 0.1) is 5.56 Å².